The summed E-state index contributed by atoms with van der Waals surface area (Å²) in [4.78, 5) is 148. The highest BCUT2D eigenvalue weighted by Crippen LogP contribution is 2.26. The van der Waals surface area contributed by atoms with Gasteiger partial charge in [0.25, 0.3) is 0 Å². The van der Waals surface area contributed by atoms with Crippen LogP contribution in [0.4, 0.5) is 0 Å². The molecule has 2 heterocycles. The van der Waals surface area contributed by atoms with Crippen molar-refractivity contribution in [2.75, 3.05) is 24.6 Å². The van der Waals surface area contributed by atoms with E-state index in [2.05, 4.69) is 37.2 Å². The standard InChI is InChI=1S/C43H65N11O13S2/c1-5-22(4)35-42(66)48-25(12-13-32(44)57)37(61)49-28(17-33(45)58)38(62)52-29(19-68-69-20-31(56)41(65)51-27(39(63)53-35)16-23-8-10-24(55)11-9-23)43(67)54-14-6-7-30(54)40(64)50-26(15-21(2)3)36(60)47-18-34(46)59/h8-11,21-22,25-31,35,55-56H,5-7,12-20H2,1-4H3,(H2,44,57)(H2,45,58)(H2,46,59)(H,47,60)(H,48,66)(H,49,61)(H,50,64)(H,51,65)(H,52,62)(H,53,63)/t22-,25-,26-,27-,28-,29-,30-,31+,35-/m0/s1. The van der Waals surface area contributed by atoms with Gasteiger partial charge in [0.15, 0.2) is 0 Å². The highest BCUT2D eigenvalue weighted by molar-refractivity contribution is 8.76. The van der Waals surface area contributed by atoms with Crippen LogP contribution in [0.3, 0.4) is 0 Å². The molecule has 1 aromatic carbocycles. The van der Waals surface area contributed by atoms with Gasteiger partial charge >= 0.3 is 0 Å². The highest BCUT2D eigenvalue weighted by atomic mass is 33.1. The maximum absolute atomic E-state index is 14.5. The summed E-state index contributed by atoms with van der Waals surface area (Å²) in [5.41, 5.74) is 16.6. The molecule has 69 heavy (non-hydrogen) atoms. The molecule has 2 fully saturated rings. The third-order valence-electron chi connectivity index (χ3n) is 11.2. The Labute approximate surface area is 407 Å². The summed E-state index contributed by atoms with van der Waals surface area (Å²) in [6.45, 7) is 6.52. The zero-order valence-electron chi connectivity index (χ0n) is 38.9. The first-order valence-electron chi connectivity index (χ1n) is 22.5. The molecule has 0 bridgehead atoms. The number of primary amides is 3. The quantitative estimate of drug-likeness (QED) is 0.0672. The van der Waals surface area contributed by atoms with E-state index in [0.717, 1.165) is 21.6 Å². The van der Waals surface area contributed by atoms with Gasteiger partial charge in [-0.25, -0.2) is 0 Å². The van der Waals surface area contributed by atoms with Crippen LogP contribution in [0.1, 0.15) is 78.2 Å². The monoisotopic (exact) mass is 1010 g/mol. The molecule has 0 unspecified atom stereocenters. The zero-order valence-corrected chi connectivity index (χ0v) is 40.6. The maximum Gasteiger partial charge on any atom is 0.250 e. The SMILES string of the molecule is CC[C@H](C)[C@@H]1NC(=O)[C@H](Cc2ccc(O)cc2)NC(=O)[C@H](O)CSSC[C@@H](C(=O)N2CCC[C@H]2C(=O)N[C@@H](CC(C)C)C(=O)NCC(N)=O)NC(=O)[C@H](CC(N)=O)NC(=O)[C@H](CCC(N)=O)NC1=O. The van der Waals surface area contributed by atoms with Gasteiger partial charge in [-0.1, -0.05) is 67.8 Å². The second kappa shape index (κ2) is 27.7. The summed E-state index contributed by atoms with van der Waals surface area (Å²) < 4.78 is 0. The lowest BCUT2D eigenvalue weighted by Gasteiger charge is -2.31. The molecular weight excluding hydrogens is 943 g/mol. The van der Waals surface area contributed by atoms with Crippen molar-refractivity contribution >= 4 is 86.6 Å². The number of rotatable bonds is 17. The summed E-state index contributed by atoms with van der Waals surface area (Å²) in [5.74, 6) is -11.2. The fourth-order valence-corrected chi connectivity index (χ4v) is 9.53. The maximum atomic E-state index is 14.5. The molecule has 0 radical (unpaired) electrons. The molecule has 1 aromatic rings. The van der Waals surface area contributed by atoms with E-state index in [9.17, 15) is 63.0 Å². The van der Waals surface area contributed by atoms with Gasteiger partial charge in [-0.2, -0.15) is 0 Å². The Morgan fingerprint density at radius 1 is 0.783 bits per heavy atom. The Morgan fingerprint density at radius 3 is 2.00 bits per heavy atom. The van der Waals surface area contributed by atoms with Crippen molar-refractivity contribution < 1.29 is 63.0 Å². The third-order valence-corrected chi connectivity index (χ3v) is 13.6. The number of aromatic hydroxyl groups is 1. The van der Waals surface area contributed by atoms with Crippen molar-refractivity contribution in [3.63, 3.8) is 0 Å². The predicted octanol–water partition coefficient (Wildman–Crippen LogP) is -3.58. The van der Waals surface area contributed by atoms with Crippen LogP contribution in [-0.2, 0) is 59.2 Å². The van der Waals surface area contributed by atoms with Crippen molar-refractivity contribution in [1.29, 1.82) is 0 Å². The van der Waals surface area contributed by atoms with Crippen LogP contribution in [-0.4, -0.2) is 153 Å². The lowest BCUT2D eigenvalue weighted by molar-refractivity contribution is -0.142. The number of hydrogen-bond donors (Lipinski definition) is 12. The van der Waals surface area contributed by atoms with E-state index in [1.54, 1.807) is 27.7 Å². The summed E-state index contributed by atoms with van der Waals surface area (Å²) in [7, 11) is 1.84. The molecular formula is C43H65N11O13S2. The zero-order chi connectivity index (χ0) is 51.5. The molecule has 2 aliphatic heterocycles. The number of phenolic OH excluding ortho intramolecular Hbond substituents is 1. The number of hydrogen-bond acceptors (Lipinski definition) is 15. The van der Waals surface area contributed by atoms with Gasteiger partial charge in [-0.15, -0.1) is 0 Å². The van der Waals surface area contributed by atoms with Gasteiger partial charge in [0, 0.05) is 30.9 Å². The first-order valence-corrected chi connectivity index (χ1v) is 25.0. The van der Waals surface area contributed by atoms with Crippen LogP contribution < -0.4 is 54.4 Å². The van der Waals surface area contributed by atoms with E-state index in [1.807, 2.05) is 0 Å². The Balaban J connectivity index is 2.05. The van der Waals surface area contributed by atoms with E-state index >= 15 is 0 Å². The number of benzene rings is 1. The van der Waals surface area contributed by atoms with Crippen LogP contribution in [0.2, 0.25) is 0 Å². The van der Waals surface area contributed by atoms with Crippen LogP contribution in [0.15, 0.2) is 24.3 Å². The summed E-state index contributed by atoms with van der Waals surface area (Å²) in [5, 5.41) is 38.4. The Kier molecular flexibility index (Phi) is 23.0. The van der Waals surface area contributed by atoms with Gasteiger partial charge < -0.3 is 69.5 Å². The number of nitrogens with zero attached hydrogens (tertiary/aromatic N) is 1. The van der Waals surface area contributed by atoms with Gasteiger partial charge in [0.05, 0.1) is 13.0 Å². The molecule has 11 amide bonds. The Hall–Kier alpha value is -6.15. The number of nitrogens with one attached hydrogen (secondary N) is 7. The molecule has 26 heteroatoms. The minimum Gasteiger partial charge on any atom is -0.508 e. The van der Waals surface area contributed by atoms with Crippen LogP contribution in [0.5, 0.6) is 5.75 Å². The molecule has 15 N–H and O–H groups in total. The van der Waals surface area contributed by atoms with Gasteiger partial charge in [-0.05, 0) is 55.2 Å². The minimum absolute atomic E-state index is 0.0297. The Bertz CT molecular complexity index is 2050. The predicted molar refractivity (Wildman–Crippen MR) is 252 cm³/mol. The Morgan fingerprint density at radius 2 is 1.39 bits per heavy atom. The summed E-state index contributed by atoms with van der Waals surface area (Å²) in [6, 6.07) is -4.14. The van der Waals surface area contributed by atoms with Crippen molar-refractivity contribution in [2.24, 2.45) is 29.0 Å². The van der Waals surface area contributed by atoms with Crippen LogP contribution >= 0.6 is 21.6 Å². The van der Waals surface area contributed by atoms with Gasteiger partial charge in [-0.3, -0.25) is 52.7 Å². The van der Waals surface area contributed by atoms with Crippen molar-refractivity contribution in [1.82, 2.24) is 42.1 Å². The number of aliphatic hydroxyl groups is 1. The number of aliphatic hydroxyl groups excluding tert-OH is 1. The number of likely N-dealkylation sites (tertiary alicyclic amines) is 1. The second-order valence-electron chi connectivity index (χ2n) is 17.3. The molecule has 382 valence electrons. The van der Waals surface area contributed by atoms with Crippen molar-refractivity contribution in [3.05, 3.63) is 29.8 Å². The van der Waals surface area contributed by atoms with Crippen LogP contribution in [0.25, 0.3) is 0 Å². The normalized spacial score (nSPS) is 24.3. The number of amides is 11. The second-order valence-corrected chi connectivity index (χ2v) is 19.9. The molecule has 24 nitrogen and oxygen atoms in total. The van der Waals surface area contributed by atoms with E-state index in [0.29, 0.717) is 18.4 Å². The molecule has 0 aromatic heterocycles. The lowest BCUT2D eigenvalue weighted by atomic mass is 9.96. The molecule has 0 saturated carbocycles. The van der Waals surface area contributed by atoms with E-state index in [4.69, 9.17) is 17.2 Å². The summed E-state index contributed by atoms with van der Waals surface area (Å²) >= 11 is 0. The topological polar surface area (TPSA) is 394 Å². The molecule has 3 rings (SSSR count). The fraction of sp³-hybridized carbons (Fsp3) is 0.605. The molecule has 2 saturated heterocycles. The molecule has 9 atom stereocenters. The van der Waals surface area contributed by atoms with E-state index in [1.165, 1.54) is 29.2 Å². The highest BCUT2D eigenvalue weighted by Gasteiger charge is 2.41. The fourth-order valence-electron chi connectivity index (χ4n) is 7.32. The van der Waals surface area contributed by atoms with Gasteiger partial charge in [0.1, 0.15) is 54.1 Å². The number of carbonyl (C=O) groups excluding carboxylic acids is 11. The lowest BCUT2D eigenvalue weighted by Crippen LogP contribution is -2.61. The van der Waals surface area contributed by atoms with Crippen molar-refractivity contribution in [3.8, 4) is 5.75 Å². The van der Waals surface area contributed by atoms with Gasteiger partial charge in [0.2, 0.25) is 65.0 Å². The average Bonchev–Trinajstić information content (AvgIpc) is 3.78. The molecule has 0 aliphatic carbocycles. The minimum atomic E-state index is -1.77. The van der Waals surface area contributed by atoms with Crippen molar-refractivity contribution in [2.45, 2.75) is 127 Å². The first-order chi connectivity index (χ1) is 32.5. The largest absolute Gasteiger partial charge is 0.508 e. The smallest absolute Gasteiger partial charge is 0.250 e. The number of nitrogens with two attached hydrogens (primary N) is 3. The van der Waals surface area contributed by atoms with E-state index < -0.39 is 145 Å². The summed E-state index contributed by atoms with van der Waals surface area (Å²) in [6.07, 6.45) is -2.60. The molecule has 0 spiro atoms. The molecule has 2 aliphatic rings. The first kappa shape index (κ1) is 57.2. The third kappa shape index (κ3) is 18.7. The average molecular weight is 1010 g/mol. The number of carbonyl (C=O) groups is 11. The van der Waals surface area contributed by atoms with Crippen LogP contribution in [0, 0.1) is 11.8 Å². The van der Waals surface area contributed by atoms with E-state index in [-0.39, 0.29) is 49.0 Å². The number of phenols is 1.